The number of rotatable bonds is 4. The molecule has 2 heterocycles. The Balaban J connectivity index is 1.82. The monoisotopic (exact) mass is 419 g/mol. The molecule has 2 amide bonds. The van der Waals surface area contributed by atoms with Gasteiger partial charge in [-0.1, -0.05) is 36.4 Å². The van der Waals surface area contributed by atoms with Crippen LogP contribution in [-0.2, 0) is 20.9 Å². The molecule has 2 N–H and O–H groups in total. The molecule has 1 fully saturated rings. The lowest BCUT2D eigenvalue weighted by molar-refractivity contribution is -0.137. The summed E-state index contributed by atoms with van der Waals surface area (Å²) in [6.07, 6.45) is 3.10. The number of anilines is 1. The van der Waals surface area contributed by atoms with Gasteiger partial charge in [0.2, 0.25) is 0 Å². The third kappa shape index (κ3) is 3.37. The van der Waals surface area contributed by atoms with E-state index in [-0.39, 0.29) is 17.2 Å². The molecular weight excluding hydrogens is 402 g/mol. The van der Waals surface area contributed by atoms with E-state index >= 15 is 0 Å². The highest BCUT2D eigenvalue weighted by molar-refractivity contribution is 7.80. The summed E-state index contributed by atoms with van der Waals surface area (Å²) in [5.41, 5.74) is 2.61. The van der Waals surface area contributed by atoms with E-state index in [2.05, 4.69) is 5.32 Å². The number of carboxylic acid groups (broad SMARTS) is 1. The van der Waals surface area contributed by atoms with Gasteiger partial charge in [0, 0.05) is 22.7 Å². The summed E-state index contributed by atoms with van der Waals surface area (Å²) < 4.78 is 1.57. The quantitative estimate of drug-likeness (QED) is 0.386. The fourth-order valence-electron chi connectivity index (χ4n) is 3.51. The van der Waals surface area contributed by atoms with Gasteiger partial charge in [0.1, 0.15) is 12.1 Å². The number of nitrogens with zero attached hydrogens (tertiary/aromatic N) is 2. The van der Waals surface area contributed by atoms with Crippen LogP contribution in [0.5, 0.6) is 0 Å². The molecule has 1 aliphatic rings. The summed E-state index contributed by atoms with van der Waals surface area (Å²) in [5.74, 6) is -2.12. The Morgan fingerprint density at radius 3 is 2.57 bits per heavy atom. The highest BCUT2D eigenvalue weighted by atomic mass is 32.1. The van der Waals surface area contributed by atoms with Gasteiger partial charge in [0.25, 0.3) is 11.8 Å². The van der Waals surface area contributed by atoms with Crippen LogP contribution in [0.1, 0.15) is 11.1 Å². The van der Waals surface area contributed by atoms with Gasteiger partial charge < -0.3 is 9.67 Å². The number of hydrogen-bond acceptors (Lipinski definition) is 4. The van der Waals surface area contributed by atoms with E-state index in [1.165, 1.54) is 11.0 Å². The minimum atomic E-state index is -0.988. The van der Waals surface area contributed by atoms with Gasteiger partial charge in [-0.2, -0.15) is 0 Å². The van der Waals surface area contributed by atoms with Crippen molar-refractivity contribution >= 4 is 57.8 Å². The number of carbonyl (C=O) groups excluding carboxylic acids is 2. The molecule has 0 unspecified atom stereocenters. The normalized spacial score (nSPS) is 15.7. The van der Waals surface area contributed by atoms with Crippen molar-refractivity contribution in [1.82, 2.24) is 9.88 Å². The predicted molar refractivity (Wildman–Crippen MR) is 117 cm³/mol. The number of amides is 2. The Morgan fingerprint density at radius 1 is 1.13 bits per heavy atom. The van der Waals surface area contributed by atoms with Gasteiger partial charge in [-0.3, -0.25) is 24.6 Å². The molecule has 0 radical (unpaired) electrons. The summed E-state index contributed by atoms with van der Waals surface area (Å²) in [5, 5.41) is 12.5. The summed E-state index contributed by atoms with van der Waals surface area (Å²) in [7, 11) is 0. The number of carboxylic acids is 1. The summed E-state index contributed by atoms with van der Waals surface area (Å²) in [4.78, 5) is 38.3. The zero-order valence-electron chi connectivity index (χ0n) is 16.0. The second-order valence-corrected chi connectivity index (χ2v) is 7.25. The van der Waals surface area contributed by atoms with Gasteiger partial charge in [0.05, 0.1) is 5.69 Å². The highest BCUT2D eigenvalue weighted by Gasteiger charge is 2.35. The van der Waals surface area contributed by atoms with Crippen LogP contribution in [0.2, 0.25) is 0 Å². The van der Waals surface area contributed by atoms with E-state index in [0.717, 1.165) is 10.9 Å². The van der Waals surface area contributed by atoms with Gasteiger partial charge in [0.15, 0.2) is 5.11 Å². The number of hydrogen-bond donors (Lipinski definition) is 2. The van der Waals surface area contributed by atoms with Crippen molar-refractivity contribution in [3.05, 3.63) is 71.4 Å². The predicted octanol–water partition coefficient (Wildman–Crippen LogP) is 2.87. The van der Waals surface area contributed by atoms with E-state index < -0.39 is 17.8 Å². The second kappa shape index (κ2) is 7.57. The fourth-order valence-corrected chi connectivity index (χ4v) is 3.79. The maximum Gasteiger partial charge on any atom is 0.323 e. The lowest BCUT2D eigenvalue weighted by Gasteiger charge is -2.29. The van der Waals surface area contributed by atoms with E-state index in [9.17, 15) is 19.5 Å². The number of para-hydroxylation sites is 2. The molecule has 0 saturated carbocycles. The summed E-state index contributed by atoms with van der Waals surface area (Å²) in [6, 6.07) is 14.5. The summed E-state index contributed by atoms with van der Waals surface area (Å²) >= 11 is 5.25. The van der Waals surface area contributed by atoms with Crippen LogP contribution in [-0.4, -0.2) is 32.6 Å². The van der Waals surface area contributed by atoms with E-state index in [0.29, 0.717) is 16.8 Å². The average Bonchev–Trinajstić information content (AvgIpc) is 3.03. The van der Waals surface area contributed by atoms with E-state index in [1.807, 2.05) is 31.2 Å². The number of fused-ring (bicyclic) bond motifs is 1. The Morgan fingerprint density at radius 2 is 1.83 bits per heavy atom. The van der Waals surface area contributed by atoms with Crippen LogP contribution in [0.25, 0.3) is 17.0 Å². The number of aryl methyl sites for hydroxylation is 1. The van der Waals surface area contributed by atoms with Crippen LogP contribution in [0, 0.1) is 6.92 Å². The highest BCUT2D eigenvalue weighted by Crippen LogP contribution is 2.28. The average molecular weight is 419 g/mol. The molecule has 0 bridgehead atoms. The van der Waals surface area contributed by atoms with Gasteiger partial charge in [-0.05, 0) is 42.9 Å². The number of carbonyl (C=O) groups is 3. The first kappa shape index (κ1) is 19.5. The zero-order chi connectivity index (χ0) is 21.4. The van der Waals surface area contributed by atoms with Crippen molar-refractivity contribution in [1.29, 1.82) is 0 Å². The van der Waals surface area contributed by atoms with Crippen LogP contribution in [0.3, 0.4) is 0 Å². The van der Waals surface area contributed by atoms with Crippen molar-refractivity contribution in [2.45, 2.75) is 13.5 Å². The maximum atomic E-state index is 13.2. The topological polar surface area (TPSA) is 91.6 Å². The molecule has 1 saturated heterocycles. The Labute approximate surface area is 177 Å². The molecule has 3 aromatic rings. The molecule has 0 spiro atoms. The van der Waals surface area contributed by atoms with Crippen LogP contribution in [0.15, 0.2) is 60.3 Å². The summed E-state index contributed by atoms with van der Waals surface area (Å²) in [6.45, 7) is 1.62. The minimum absolute atomic E-state index is 0.0183. The molecule has 8 heteroatoms. The minimum Gasteiger partial charge on any atom is -0.480 e. The number of nitrogens with one attached hydrogen (secondary N) is 1. The zero-order valence-corrected chi connectivity index (χ0v) is 16.8. The van der Waals surface area contributed by atoms with Crippen molar-refractivity contribution in [3.8, 4) is 0 Å². The van der Waals surface area contributed by atoms with Gasteiger partial charge >= 0.3 is 5.97 Å². The Bertz CT molecular complexity index is 1260. The molecule has 4 rings (SSSR count). The van der Waals surface area contributed by atoms with Crippen LogP contribution >= 0.6 is 12.2 Å². The first-order chi connectivity index (χ1) is 14.4. The Hall–Kier alpha value is -3.78. The molecule has 7 nitrogen and oxygen atoms in total. The van der Waals surface area contributed by atoms with Gasteiger partial charge in [-0.25, -0.2) is 0 Å². The third-order valence-electron chi connectivity index (χ3n) is 4.88. The van der Waals surface area contributed by atoms with Gasteiger partial charge in [-0.15, -0.1) is 0 Å². The number of aliphatic carboxylic acids is 1. The van der Waals surface area contributed by atoms with Crippen molar-refractivity contribution in [2.24, 2.45) is 0 Å². The van der Waals surface area contributed by atoms with Crippen molar-refractivity contribution in [3.63, 3.8) is 0 Å². The smallest absolute Gasteiger partial charge is 0.323 e. The van der Waals surface area contributed by atoms with E-state index in [1.54, 1.807) is 35.0 Å². The molecule has 1 aromatic heterocycles. The van der Waals surface area contributed by atoms with Crippen LogP contribution in [0.4, 0.5) is 5.69 Å². The molecule has 30 heavy (non-hydrogen) atoms. The fraction of sp³-hybridized carbons (Fsp3) is 0.0909. The lowest BCUT2D eigenvalue weighted by Crippen LogP contribution is -2.54. The van der Waals surface area contributed by atoms with Crippen molar-refractivity contribution < 1.29 is 19.5 Å². The second-order valence-electron chi connectivity index (χ2n) is 6.87. The molecule has 0 aliphatic carbocycles. The third-order valence-corrected chi connectivity index (χ3v) is 5.17. The maximum absolute atomic E-state index is 13.2. The Kier molecular flexibility index (Phi) is 4.93. The molecular formula is C22H17N3O4S. The lowest BCUT2D eigenvalue weighted by atomic mass is 10.1. The SMILES string of the molecule is Cc1ccccc1N1C(=O)/C(=C\c2cn(CC(=O)O)c3ccccc23)C(=O)NC1=S. The first-order valence-electron chi connectivity index (χ1n) is 9.13. The largest absolute Gasteiger partial charge is 0.480 e. The molecule has 150 valence electrons. The number of benzene rings is 2. The number of aromatic nitrogens is 1. The number of thiocarbonyl (C=S) groups is 1. The van der Waals surface area contributed by atoms with Crippen LogP contribution < -0.4 is 10.2 Å². The van der Waals surface area contributed by atoms with Crippen molar-refractivity contribution in [2.75, 3.05) is 4.90 Å². The van der Waals surface area contributed by atoms with E-state index in [4.69, 9.17) is 12.2 Å². The molecule has 1 aliphatic heterocycles. The standard InChI is InChI=1S/C22H17N3O4S/c1-13-6-2-4-8-17(13)25-21(29)16(20(28)23-22(25)30)10-14-11-24(12-19(26)27)18-9-5-3-7-15(14)18/h2-11H,12H2,1H3,(H,26,27)(H,23,28,30)/b16-10-. The molecule has 2 aromatic carbocycles. The molecule has 0 atom stereocenters. The first-order valence-corrected chi connectivity index (χ1v) is 9.54.